The van der Waals surface area contributed by atoms with E-state index in [9.17, 15) is 9.59 Å². The summed E-state index contributed by atoms with van der Waals surface area (Å²) in [5.41, 5.74) is 13.5. The second kappa shape index (κ2) is 27.4. The fraction of sp³-hybridized carbons (Fsp3) is 0.214. The van der Waals surface area contributed by atoms with E-state index in [0.717, 1.165) is 12.8 Å². The Labute approximate surface area is 400 Å². The minimum atomic E-state index is -0.826. The van der Waals surface area contributed by atoms with Gasteiger partial charge < -0.3 is 10.5 Å². The van der Waals surface area contributed by atoms with Gasteiger partial charge in [0.1, 0.15) is 0 Å². The molecule has 0 saturated carbocycles. The number of unbranched alkanes of at least 4 members (excludes halogenated alkanes) is 2. The Morgan fingerprint density at radius 3 is 1.23 bits per heavy atom. The third-order valence-corrected chi connectivity index (χ3v) is 11.0. The number of nitrogens with one attached hydrogen (secondary N) is 2. The van der Waals surface area contributed by atoms with Gasteiger partial charge in [-0.3, -0.25) is 9.59 Å². The van der Waals surface area contributed by atoms with Crippen molar-refractivity contribution in [2.45, 2.75) is 79.1 Å². The first-order valence-electron chi connectivity index (χ1n) is 22.4. The van der Waals surface area contributed by atoms with Gasteiger partial charge in [-0.05, 0) is 47.9 Å². The Hall–Kier alpha value is -4.99. The van der Waals surface area contributed by atoms with Crippen LogP contribution in [0.4, 0.5) is 0 Å². The van der Waals surface area contributed by atoms with Crippen molar-refractivity contribution in [2.75, 3.05) is 0 Å². The molecule has 0 atom stereocenters. The molecule has 0 bridgehead atoms. The average Bonchev–Trinajstić information content (AvgIpc) is 4.00. The molecule has 8 aromatic carbocycles. The standard InChI is InChI=1S/2C25H23.C6H12BN2O2.2ClH.Zr/c2*1-2-3-10-20-13-7-8-15-23(20)24-16-9-14-21-17-22(18-25(21)24)19-11-5-4-6-12-19;1-3-5(10)8-7-9-6(11)4-2;;;/h2*4-9,11-18H,2-3,10H2,1H3;3-4H2,1-2H3,(H,8,10)(H,9,11);2*1H;/q2*-1;;;;+4/p-2. The first-order chi connectivity index (χ1) is 31.3. The van der Waals surface area contributed by atoms with Crippen LogP contribution in [-0.2, 0) is 43.3 Å². The van der Waals surface area contributed by atoms with Crippen LogP contribution < -0.4 is 10.5 Å². The Kier molecular flexibility index (Phi) is 21.4. The quantitative estimate of drug-likeness (QED) is 0.0843. The Morgan fingerprint density at radius 1 is 0.500 bits per heavy atom. The van der Waals surface area contributed by atoms with Crippen molar-refractivity contribution >= 4 is 57.9 Å². The van der Waals surface area contributed by atoms with Crippen LogP contribution in [0.2, 0.25) is 0 Å². The average molecular weight is 964 g/mol. The molecule has 0 aliphatic heterocycles. The van der Waals surface area contributed by atoms with E-state index in [-0.39, 0.29) is 11.8 Å². The van der Waals surface area contributed by atoms with Gasteiger partial charge in [-0.1, -0.05) is 196 Å². The van der Waals surface area contributed by atoms with Gasteiger partial charge in [-0.2, -0.15) is 0 Å². The summed E-state index contributed by atoms with van der Waals surface area (Å²) in [6, 6.07) is 61.7. The number of carbonyl (C=O) groups is 2. The summed E-state index contributed by atoms with van der Waals surface area (Å²) in [5.74, 6) is -0.220. The maximum atomic E-state index is 10.6. The van der Waals surface area contributed by atoms with Crippen LogP contribution in [0.15, 0.2) is 170 Å². The summed E-state index contributed by atoms with van der Waals surface area (Å²) in [6.45, 7) is 8.00. The molecule has 0 saturated heterocycles. The zero-order chi connectivity index (χ0) is 45.5. The van der Waals surface area contributed by atoms with E-state index in [1.165, 1.54) is 110 Å². The molecule has 0 heterocycles. The third kappa shape index (κ3) is 14.5. The van der Waals surface area contributed by atoms with Crippen LogP contribution in [0.25, 0.3) is 66.1 Å². The molecule has 0 aliphatic carbocycles. The van der Waals surface area contributed by atoms with Crippen molar-refractivity contribution in [2.24, 2.45) is 0 Å². The van der Waals surface area contributed by atoms with E-state index >= 15 is 0 Å². The molecule has 2 N–H and O–H groups in total. The van der Waals surface area contributed by atoms with E-state index in [1.807, 2.05) is 0 Å². The molecule has 1 radical (unpaired) electrons. The van der Waals surface area contributed by atoms with Crippen molar-refractivity contribution in [3.63, 3.8) is 0 Å². The molecule has 0 unspecified atom stereocenters. The number of benzene rings is 6. The SMILES string of the molecule is CCC(=O)N[B]NC(=O)CC.CCCCc1ccccc1-c1cccc2[cH-]c(-c3ccccc3)cc12.CCCCc1ccccc1-c1cccc2[cH-]c(-c3ccccc3)cc12.[Cl][Zr+2][Cl]. The molecule has 8 rings (SSSR count). The summed E-state index contributed by atoms with van der Waals surface area (Å²) < 4.78 is 0. The Morgan fingerprint density at radius 2 is 0.859 bits per heavy atom. The first-order valence-corrected chi connectivity index (χ1v) is 28.7. The molecule has 0 spiro atoms. The minimum absolute atomic E-state index is 0.110. The molecule has 64 heavy (non-hydrogen) atoms. The van der Waals surface area contributed by atoms with Gasteiger partial charge in [-0.25, -0.2) is 0 Å². The molecule has 325 valence electrons. The molecule has 8 aromatic rings. The Balaban J connectivity index is 0.000000188. The van der Waals surface area contributed by atoms with Gasteiger partial charge in [-0.15, -0.1) is 69.1 Å². The molecular formula is C56H58BCl2N2O2Zr. The van der Waals surface area contributed by atoms with Gasteiger partial charge in [0, 0.05) is 12.8 Å². The zero-order valence-corrected chi connectivity index (χ0v) is 41.4. The number of rotatable bonds is 14. The van der Waals surface area contributed by atoms with Gasteiger partial charge in [0.2, 0.25) is 11.8 Å². The summed E-state index contributed by atoms with van der Waals surface area (Å²) >= 11 is -0.826. The third-order valence-electron chi connectivity index (χ3n) is 11.0. The normalized spacial score (nSPS) is 10.3. The van der Waals surface area contributed by atoms with Crippen LogP contribution >= 0.6 is 17.0 Å². The predicted molar refractivity (Wildman–Crippen MR) is 272 cm³/mol. The molecular weight excluding hydrogens is 906 g/mol. The van der Waals surface area contributed by atoms with E-state index in [0.29, 0.717) is 12.8 Å². The van der Waals surface area contributed by atoms with Crippen molar-refractivity contribution in [3.8, 4) is 44.5 Å². The molecule has 8 heteroatoms. The van der Waals surface area contributed by atoms with Crippen molar-refractivity contribution in [1.82, 2.24) is 10.5 Å². The van der Waals surface area contributed by atoms with Crippen LogP contribution in [0.5, 0.6) is 0 Å². The number of carbonyl (C=O) groups excluding carboxylic acids is 2. The second-order valence-electron chi connectivity index (χ2n) is 15.4. The number of halogens is 2. The van der Waals surface area contributed by atoms with Gasteiger partial charge in [0.15, 0.2) is 0 Å². The van der Waals surface area contributed by atoms with Crippen molar-refractivity contribution in [3.05, 3.63) is 181 Å². The summed E-state index contributed by atoms with van der Waals surface area (Å²) in [6.07, 6.45) is 8.06. The number of hydrogen-bond acceptors (Lipinski definition) is 2. The summed E-state index contributed by atoms with van der Waals surface area (Å²) in [4.78, 5) is 21.2. The second-order valence-corrected chi connectivity index (χ2v) is 19.1. The zero-order valence-electron chi connectivity index (χ0n) is 37.5. The fourth-order valence-corrected chi connectivity index (χ4v) is 7.67. The van der Waals surface area contributed by atoms with E-state index in [2.05, 4.69) is 194 Å². The first kappa shape index (κ1) is 50.0. The summed E-state index contributed by atoms with van der Waals surface area (Å²) in [7, 11) is 11.1. The molecule has 4 nitrogen and oxygen atoms in total. The van der Waals surface area contributed by atoms with E-state index < -0.39 is 20.8 Å². The molecule has 2 amide bonds. The number of fused-ring (bicyclic) bond motifs is 2. The van der Waals surface area contributed by atoms with Gasteiger partial charge in [0.05, 0.1) is 0 Å². The van der Waals surface area contributed by atoms with Crippen molar-refractivity contribution < 1.29 is 30.4 Å². The van der Waals surface area contributed by atoms with Crippen LogP contribution in [0, 0.1) is 0 Å². The topological polar surface area (TPSA) is 58.2 Å². The van der Waals surface area contributed by atoms with Crippen molar-refractivity contribution in [1.29, 1.82) is 0 Å². The maximum absolute atomic E-state index is 10.6. The molecule has 0 aromatic heterocycles. The van der Waals surface area contributed by atoms with Crippen LogP contribution in [0.1, 0.15) is 77.3 Å². The fourth-order valence-electron chi connectivity index (χ4n) is 7.67. The number of hydrogen-bond donors (Lipinski definition) is 2. The van der Waals surface area contributed by atoms with Crippen LogP contribution in [0.3, 0.4) is 0 Å². The predicted octanol–water partition coefficient (Wildman–Crippen LogP) is 15.4. The van der Waals surface area contributed by atoms with E-state index in [4.69, 9.17) is 17.0 Å². The van der Waals surface area contributed by atoms with Gasteiger partial charge >= 0.3 is 45.4 Å². The number of aryl methyl sites for hydroxylation is 2. The van der Waals surface area contributed by atoms with Crippen LogP contribution in [-0.4, -0.2) is 19.4 Å². The molecule has 0 aliphatic rings. The number of amides is 2. The summed E-state index contributed by atoms with van der Waals surface area (Å²) in [5, 5.41) is 10.1. The Bertz CT molecular complexity index is 2460. The van der Waals surface area contributed by atoms with E-state index in [1.54, 1.807) is 13.8 Å². The van der Waals surface area contributed by atoms with Gasteiger partial charge in [0.25, 0.3) is 0 Å². The monoisotopic (exact) mass is 961 g/mol. The molecule has 0 fully saturated rings.